The highest BCUT2D eigenvalue weighted by Crippen LogP contribution is 2.25. The van der Waals surface area contributed by atoms with Crippen LogP contribution >= 0.6 is 11.6 Å². The number of rotatable bonds is 6. The number of halogens is 1. The molecule has 1 aromatic heterocycles. The van der Waals surface area contributed by atoms with Crippen LogP contribution in [-0.2, 0) is 11.3 Å². The van der Waals surface area contributed by atoms with Gasteiger partial charge in [0.15, 0.2) is 5.82 Å². The topological polar surface area (TPSA) is 78.8 Å². The maximum absolute atomic E-state index is 6.02. The second kappa shape index (κ2) is 6.67. The summed E-state index contributed by atoms with van der Waals surface area (Å²) in [5.74, 6) is 1.17. The maximum Gasteiger partial charge on any atom is 0.182 e. The van der Waals surface area contributed by atoms with Gasteiger partial charge in [0.1, 0.15) is 0 Å². The molecule has 0 bridgehead atoms. The van der Waals surface area contributed by atoms with E-state index in [-0.39, 0.29) is 0 Å². The van der Waals surface area contributed by atoms with E-state index in [0.29, 0.717) is 35.6 Å². The molecule has 0 radical (unpaired) electrons. The molecule has 1 heterocycles. The SMILES string of the molecule is CC(C)COCCn1nnnc1-c1ccc(N)c(Cl)c1. The minimum Gasteiger partial charge on any atom is -0.398 e. The Balaban J connectivity index is 2.06. The third-order valence-corrected chi connectivity index (χ3v) is 3.02. The predicted molar refractivity (Wildman–Crippen MR) is 78.3 cm³/mol. The van der Waals surface area contributed by atoms with Gasteiger partial charge in [-0.05, 0) is 34.5 Å². The van der Waals surface area contributed by atoms with Crippen molar-refractivity contribution in [3.8, 4) is 11.4 Å². The molecule has 2 aromatic rings. The van der Waals surface area contributed by atoms with Crippen molar-refractivity contribution in [2.45, 2.75) is 20.4 Å². The molecule has 0 unspecified atom stereocenters. The van der Waals surface area contributed by atoms with Gasteiger partial charge in [0.05, 0.1) is 23.9 Å². The van der Waals surface area contributed by atoms with Gasteiger partial charge in [-0.15, -0.1) is 5.10 Å². The molecule has 2 N–H and O–H groups in total. The quantitative estimate of drug-likeness (QED) is 0.653. The van der Waals surface area contributed by atoms with E-state index in [0.717, 1.165) is 12.2 Å². The molecule has 7 heteroatoms. The first-order valence-corrected chi connectivity index (χ1v) is 6.85. The second-order valence-corrected chi connectivity index (χ2v) is 5.34. The Bertz CT molecular complexity index is 570. The third-order valence-electron chi connectivity index (χ3n) is 2.69. The number of ether oxygens (including phenoxy) is 1. The van der Waals surface area contributed by atoms with Crippen LogP contribution in [-0.4, -0.2) is 33.4 Å². The van der Waals surface area contributed by atoms with E-state index in [2.05, 4.69) is 29.4 Å². The molecule has 0 fully saturated rings. The van der Waals surface area contributed by atoms with Gasteiger partial charge < -0.3 is 10.5 Å². The fourth-order valence-electron chi connectivity index (χ4n) is 1.70. The smallest absolute Gasteiger partial charge is 0.182 e. The van der Waals surface area contributed by atoms with Crippen LogP contribution in [0.4, 0.5) is 5.69 Å². The number of aromatic nitrogens is 4. The predicted octanol–water partition coefficient (Wildman–Crippen LogP) is 2.25. The lowest BCUT2D eigenvalue weighted by Crippen LogP contribution is -2.11. The molecular weight excluding hydrogens is 278 g/mol. The van der Waals surface area contributed by atoms with Gasteiger partial charge in [0.25, 0.3) is 0 Å². The van der Waals surface area contributed by atoms with E-state index < -0.39 is 0 Å². The standard InChI is InChI=1S/C13H18ClN5O/c1-9(2)8-20-6-5-19-13(16-17-18-19)10-3-4-12(15)11(14)7-10/h3-4,7,9H,5-6,8,15H2,1-2H3. The number of tetrazole rings is 1. The van der Waals surface area contributed by atoms with E-state index in [1.807, 2.05) is 6.07 Å². The number of nitrogen functional groups attached to an aromatic ring is 1. The van der Waals surface area contributed by atoms with Crippen LogP contribution in [0.5, 0.6) is 0 Å². The zero-order valence-corrected chi connectivity index (χ0v) is 12.3. The Hall–Kier alpha value is -1.66. The van der Waals surface area contributed by atoms with Gasteiger partial charge >= 0.3 is 0 Å². The Labute approximate surface area is 122 Å². The molecule has 20 heavy (non-hydrogen) atoms. The summed E-state index contributed by atoms with van der Waals surface area (Å²) < 4.78 is 7.24. The summed E-state index contributed by atoms with van der Waals surface area (Å²) >= 11 is 6.02. The molecule has 0 atom stereocenters. The first-order chi connectivity index (χ1) is 9.58. The molecule has 0 amide bonds. The van der Waals surface area contributed by atoms with Gasteiger partial charge in [-0.2, -0.15) is 0 Å². The molecule has 108 valence electrons. The van der Waals surface area contributed by atoms with Crippen molar-refractivity contribution in [2.24, 2.45) is 5.92 Å². The van der Waals surface area contributed by atoms with Gasteiger partial charge in [-0.1, -0.05) is 25.4 Å². The summed E-state index contributed by atoms with van der Waals surface area (Å²) in [7, 11) is 0. The number of hydrogen-bond donors (Lipinski definition) is 1. The monoisotopic (exact) mass is 295 g/mol. The van der Waals surface area contributed by atoms with Crippen LogP contribution in [0.3, 0.4) is 0 Å². The Morgan fingerprint density at radius 2 is 2.20 bits per heavy atom. The molecule has 0 aliphatic heterocycles. The lowest BCUT2D eigenvalue weighted by Gasteiger charge is -2.08. The lowest BCUT2D eigenvalue weighted by atomic mass is 10.2. The minimum absolute atomic E-state index is 0.494. The molecule has 0 aliphatic carbocycles. The molecule has 0 spiro atoms. The highest BCUT2D eigenvalue weighted by Gasteiger charge is 2.10. The first kappa shape index (κ1) is 14.7. The van der Waals surface area contributed by atoms with Crippen LogP contribution in [0.15, 0.2) is 18.2 Å². The Morgan fingerprint density at radius 3 is 2.90 bits per heavy atom. The van der Waals surface area contributed by atoms with Crippen molar-refractivity contribution in [2.75, 3.05) is 18.9 Å². The Kier molecular flexibility index (Phi) is 4.92. The summed E-state index contributed by atoms with van der Waals surface area (Å²) in [5, 5.41) is 12.2. The zero-order valence-electron chi connectivity index (χ0n) is 11.6. The largest absolute Gasteiger partial charge is 0.398 e. The van der Waals surface area contributed by atoms with Gasteiger partial charge in [-0.3, -0.25) is 0 Å². The number of anilines is 1. The lowest BCUT2D eigenvalue weighted by molar-refractivity contribution is 0.101. The highest BCUT2D eigenvalue weighted by atomic mass is 35.5. The normalized spacial score (nSPS) is 11.2. The van der Waals surface area contributed by atoms with E-state index in [1.165, 1.54) is 0 Å². The van der Waals surface area contributed by atoms with Crippen molar-refractivity contribution in [1.29, 1.82) is 0 Å². The summed E-state index contributed by atoms with van der Waals surface area (Å²) in [4.78, 5) is 0. The van der Waals surface area contributed by atoms with Crippen molar-refractivity contribution in [3.63, 3.8) is 0 Å². The van der Waals surface area contributed by atoms with Gasteiger partial charge in [0, 0.05) is 12.2 Å². The maximum atomic E-state index is 6.02. The van der Waals surface area contributed by atoms with E-state index >= 15 is 0 Å². The van der Waals surface area contributed by atoms with Gasteiger partial charge in [-0.25, -0.2) is 4.68 Å². The molecule has 0 saturated carbocycles. The fourth-order valence-corrected chi connectivity index (χ4v) is 1.88. The number of nitrogens with two attached hydrogens (primary N) is 1. The van der Waals surface area contributed by atoms with E-state index in [1.54, 1.807) is 16.8 Å². The Morgan fingerprint density at radius 1 is 1.40 bits per heavy atom. The zero-order chi connectivity index (χ0) is 14.5. The molecule has 1 aromatic carbocycles. The molecular formula is C13H18ClN5O. The molecule has 0 aliphatic rings. The van der Waals surface area contributed by atoms with Crippen molar-refractivity contribution >= 4 is 17.3 Å². The van der Waals surface area contributed by atoms with Crippen LogP contribution < -0.4 is 5.73 Å². The molecule has 0 saturated heterocycles. The first-order valence-electron chi connectivity index (χ1n) is 6.47. The van der Waals surface area contributed by atoms with E-state index in [4.69, 9.17) is 22.1 Å². The van der Waals surface area contributed by atoms with Crippen molar-refractivity contribution in [1.82, 2.24) is 20.2 Å². The minimum atomic E-state index is 0.494. The molecule has 2 rings (SSSR count). The number of benzene rings is 1. The average molecular weight is 296 g/mol. The van der Waals surface area contributed by atoms with Crippen LogP contribution in [0.2, 0.25) is 5.02 Å². The van der Waals surface area contributed by atoms with Crippen LogP contribution in [0.1, 0.15) is 13.8 Å². The summed E-state index contributed by atoms with van der Waals surface area (Å²) in [6.45, 7) is 6.11. The van der Waals surface area contributed by atoms with Crippen LogP contribution in [0.25, 0.3) is 11.4 Å². The van der Waals surface area contributed by atoms with Gasteiger partial charge in [0.2, 0.25) is 0 Å². The number of hydrogen-bond acceptors (Lipinski definition) is 5. The summed E-state index contributed by atoms with van der Waals surface area (Å²) in [6, 6.07) is 5.35. The average Bonchev–Trinajstić information content (AvgIpc) is 2.86. The number of nitrogens with zero attached hydrogens (tertiary/aromatic N) is 4. The summed E-state index contributed by atoms with van der Waals surface area (Å²) in [5.41, 5.74) is 7.06. The second-order valence-electron chi connectivity index (χ2n) is 4.93. The van der Waals surface area contributed by atoms with E-state index in [9.17, 15) is 0 Å². The summed E-state index contributed by atoms with van der Waals surface area (Å²) in [6.07, 6.45) is 0. The van der Waals surface area contributed by atoms with Crippen molar-refractivity contribution < 1.29 is 4.74 Å². The fraction of sp³-hybridized carbons (Fsp3) is 0.462. The van der Waals surface area contributed by atoms with Crippen LogP contribution in [0, 0.1) is 5.92 Å². The third kappa shape index (κ3) is 3.68. The van der Waals surface area contributed by atoms with Crippen molar-refractivity contribution in [3.05, 3.63) is 23.2 Å². The molecule has 6 nitrogen and oxygen atoms in total. The highest BCUT2D eigenvalue weighted by molar-refractivity contribution is 6.33.